The largest absolute Gasteiger partial charge is 0.352 e. The van der Waals surface area contributed by atoms with Crippen molar-refractivity contribution >= 4 is 17.8 Å². The van der Waals surface area contributed by atoms with Gasteiger partial charge >= 0.3 is 6.03 Å². The van der Waals surface area contributed by atoms with Crippen LogP contribution in [0.1, 0.15) is 12.8 Å². The lowest BCUT2D eigenvalue weighted by molar-refractivity contribution is 0.191. The van der Waals surface area contributed by atoms with E-state index in [4.69, 9.17) is 0 Å². The number of hydrogen-bond acceptors (Lipinski definition) is 7. The first-order chi connectivity index (χ1) is 13.8. The second-order valence-corrected chi connectivity index (χ2v) is 7.23. The first kappa shape index (κ1) is 18.4. The predicted molar refractivity (Wildman–Crippen MR) is 106 cm³/mol. The number of aromatic nitrogens is 4. The Bertz CT molecular complexity index is 751. The van der Waals surface area contributed by atoms with Crippen molar-refractivity contribution in [1.82, 2.24) is 30.2 Å². The van der Waals surface area contributed by atoms with Gasteiger partial charge in [0.2, 0.25) is 5.95 Å². The standard InChI is InChI=1S/C19H26N8O/c28-19(26-11-9-25(10-12-26)17-14-20-6-7-21-17)24-13-16-3-1-8-27(15-16)18-22-4-2-5-23-18/h2,4-7,14,16H,1,3,8-13,15H2,(H,24,28). The van der Waals surface area contributed by atoms with Gasteiger partial charge in [-0.1, -0.05) is 0 Å². The highest BCUT2D eigenvalue weighted by molar-refractivity contribution is 5.74. The average molecular weight is 382 g/mol. The van der Waals surface area contributed by atoms with E-state index < -0.39 is 0 Å². The van der Waals surface area contributed by atoms with Gasteiger partial charge in [-0.2, -0.15) is 0 Å². The van der Waals surface area contributed by atoms with E-state index in [1.165, 1.54) is 0 Å². The summed E-state index contributed by atoms with van der Waals surface area (Å²) in [7, 11) is 0. The Morgan fingerprint density at radius 3 is 2.57 bits per heavy atom. The van der Waals surface area contributed by atoms with E-state index in [-0.39, 0.29) is 6.03 Å². The van der Waals surface area contributed by atoms with Crippen LogP contribution in [-0.2, 0) is 0 Å². The molecule has 2 aliphatic rings. The molecule has 2 saturated heterocycles. The molecule has 1 atom stereocenters. The Hall–Kier alpha value is -2.97. The zero-order valence-electron chi connectivity index (χ0n) is 15.9. The second kappa shape index (κ2) is 8.81. The molecule has 2 aromatic heterocycles. The minimum atomic E-state index is 0.0203. The second-order valence-electron chi connectivity index (χ2n) is 7.23. The lowest BCUT2D eigenvalue weighted by Gasteiger charge is -2.36. The summed E-state index contributed by atoms with van der Waals surface area (Å²) in [6.07, 6.45) is 10.9. The van der Waals surface area contributed by atoms with Crippen molar-refractivity contribution in [3.63, 3.8) is 0 Å². The summed E-state index contributed by atoms with van der Waals surface area (Å²) in [6.45, 7) is 5.47. The number of piperazine rings is 1. The maximum Gasteiger partial charge on any atom is 0.317 e. The molecule has 4 rings (SSSR count). The molecule has 28 heavy (non-hydrogen) atoms. The molecule has 0 aromatic carbocycles. The highest BCUT2D eigenvalue weighted by Gasteiger charge is 2.25. The number of rotatable bonds is 4. The van der Waals surface area contributed by atoms with E-state index in [1.807, 2.05) is 11.0 Å². The van der Waals surface area contributed by atoms with Gasteiger partial charge in [0.05, 0.1) is 6.20 Å². The van der Waals surface area contributed by atoms with Gasteiger partial charge in [-0.25, -0.2) is 19.7 Å². The molecule has 1 N–H and O–H groups in total. The maximum atomic E-state index is 12.6. The monoisotopic (exact) mass is 382 g/mol. The van der Waals surface area contributed by atoms with Crippen molar-refractivity contribution < 1.29 is 4.79 Å². The lowest BCUT2D eigenvalue weighted by Crippen LogP contribution is -2.53. The highest BCUT2D eigenvalue weighted by atomic mass is 16.2. The Morgan fingerprint density at radius 2 is 1.82 bits per heavy atom. The summed E-state index contributed by atoms with van der Waals surface area (Å²) >= 11 is 0. The molecule has 0 spiro atoms. The van der Waals surface area contributed by atoms with Crippen molar-refractivity contribution in [3.8, 4) is 0 Å². The molecule has 4 heterocycles. The van der Waals surface area contributed by atoms with Crippen LogP contribution < -0.4 is 15.1 Å². The quantitative estimate of drug-likeness (QED) is 0.844. The number of nitrogens with one attached hydrogen (secondary N) is 1. The van der Waals surface area contributed by atoms with Crippen LogP contribution in [0.4, 0.5) is 16.6 Å². The van der Waals surface area contributed by atoms with E-state index in [0.717, 1.165) is 50.8 Å². The normalized spacial score (nSPS) is 20.1. The van der Waals surface area contributed by atoms with Gasteiger partial charge in [0.15, 0.2) is 0 Å². The van der Waals surface area contributed by atoms with E-state index in [0.29, 0.717) is 25.6 Å². The summed E-state index contributed by atoms with van der Waals surface area (Å²) in [5.74, 6) is 2.06. The Balaban J connectivity index is 1.22. The van der Waals surface area contributed by atoms with E-state index >= 15 is 0 Å². The van der Waals surface area contributed by atoms with Crippen LogP contribution in [0.5, 0.6) is 0 Å². The van der Waals surface area contributed by atoms with Crippen LogP contribution in [-0.4, -0.2) is 76.7 Å². The average Bonchev–Trinajstić information content (AvgIpc) is 2.79. The third kappa shape index (κ3) is 4.47. The van der Waals surface area contributed by atoms with E-state index in [9.17, 15) is 4.79 Å². The summed E-state index contributed by atoms with van der Waals surface area (Å²) in [4.78, 5) is 35.9. The van der Waals surface area contributed by atoms with Gasteiger partial charge in [0.1, 0.15) is 5.82 Å². The molecule has 2 aliphatic heterocycles. The Kier molecular flexibility index (Phi) is 5.79. The van der Waals surface area contributed by atoms with Gasteiger partial charge < -0.3 is 20.0 Å². The van der Waals surface area contributed by atoms with Gasteiger partial charge in [-0.05, 0) is 24.8 Å². The van der Waals surface area contributed by atoms with Crippen LogP contribution in [0.25, 0.3) is 0 Å². The first-order valence-electron chi connectivity index (χ1n) is 9.85. The number of anilines is 2. The molecule has 1 unspecified atom stereocenters. The molecular formula is C19H26N8O. The minimum absolute atomic E-state index is 0.0203. The molecule has 0 saturated carbocycles. The van der Waals surface area contributed by atoms with Crippen LogP contribution in [0.3, 0.4) is 0 Å². The summed E-state index contributed by atoms with van der Waals surface area (Å²) in [5.41, 5.74) is 0. The SMILES string of the molecule is O=C(NCC1CCCN(c2ncccn2)C1)N1CCN(c2cnccn2)CC1. The lowest BCUT2D eigenvalue weighted by atomic mass is 9.98. The van der Waals surface area contributed by atoms with Crippen molar-refractivity contribution in [2.45, 2.75) is 12.8 Å². The van der Waals surface area contributed by atoms with Crippen LogP contribution in [0.15, 0.2) is 37.1 Å². The topological polar surface area (TPSA) is 90.4 Å². The number of hydrogen-bond donors (Lipinski definition) is 1. The fourth-order valence-corrected chi connectivity index (χ4v) is 3.80. The molecule has 2 aromatic rings. The van der Waals surface area contributed by atoms with Crippen molar-refractivity contribution in [2.75, 3.05) is 55.6 Å². The number of amides is 2. The van der Waals surface area contributed by atoms with Crippen LogP contribution >= 0.6 is 0 Å². The predicted octanol–water partition coefficient (Wildman–Crippen LogP) is 1.01. The minimum Gasteiger partial charge on any atom is -0.352 e. The third-order valence-electron chi connectivity index (χ3n) is 5.34. The van der Waals surface area contributed by atoms with E-state index in [1.54, 1.807) is 31.0 Å². The molecule has 148 valence electrons. The molecule has 2 amide bonds. The zero-order chi connectivity index (χ0) is 19.2. The number of carbonyl (C=O) groups excluding carboxylic acids is 1. The molecular weight excluding hydrogens is 356 g/mol. The number of carbonyl (C=O) groups is 1. The van der Waals surface area contributed by atoms with Gasteiger partial charge in [-0.15, -0.1) is 0 Å². The number of nitrogens with zero attached hydrogens (tertiary/aromatic N) is 7. The summed E-state index contributed by atoms with van der Waals surface area (Å²) in [6, 6.07) is 1.85. The molecule has 9 nitrogen and oxygen atoms in total. The smallest absolute Gasteiger partial charge is 0.317 e. The highest BCUT2D eigenvalue weighted by Crippen LogP contribution is 2.19. The van der Waals surface area contributed by atoms with E-state index in [2.05, 4.69) is 35.1 Å². The molecule has 9 heteroatoms. The number of urea groups is 1. The van der Waals surface area contributed by atoms with Crippen LogP contribution in [0.2, 0.25) is 0 Å². The van der Waals surface area contributed by atoms with Crippen molar-refractivity contribution in [1.29, 1.82) is 0 Å². The Morgan fingerprint density at radius 1 is 1.00 bits per heavy atom. The summed E-state index contributed by atoms with van der Waals surface area (Å²) in [5, 5.41) is 3.12. The maximum absolute atomic E-state index is 12.6. The first-order valence-corrected chi connectivity index (χ1v) is 9.85. The van der Waals surface area contributed by atoms with Gasteiger partial charge in [0.25, 0.3) is 0 Å². The van der Waals surface area contributed by atoms with Gasteiger partial charge in [0, 0.05) is 70.6 Å². The fraction of sp³-hybridized carbons (Fsp3) is 0.526. The van der Waals surface area contributed by atoms with Crippen LogP contribution in [0, 0.1) is 5.92 Å². The van der Waals surface area contributed by atoms with Crippen molar-refractivity contribution in [3.05, 3.63) is 37.1 Å². The zero-order valence-corrected chi connectivity index (χ0v) is 15.9. The number of piperidine rings is 1. The molecule has 0 bridgehead atoms. The fourth-order valence-electron chi connectivity index (χ4n) is 3.80. The van der Waals surface area contributed by atoms with Crippen molar-refractivity contribution in [2.24, 2.45) is 5.92 Å². The molecule has 0 aliphatic carbocycles. The molecule has 2 fully saturated rings. The third-order valence-corrected chi connectivity index (χ3v) is 5.34. The summed E-state index contributed by atoms with van der Waals surface area (Å²) < 4.78 is 0. The van der Waals surface area contributed by atoms with Gasteiger partial charge in [-0.3, -0.25) is 4.98 Å². The Labute approximate surface area is 164 Å². The molecule has 0 radical (unpaired) electrons.